The first-order valence-corrected chi connectivity index (χ1v) is 4.20. The Kier molecular flexibility index (Phi) is 1.63. The number of halogens is 1. The minimum atomic E-state index is 0.913. The van der Waals surface area contributed by atoms with Crippen LogP contribution in [0.25, 0.3) is 11.0 Å². The number of terminal acetylenes is 1. The van der Waals surface area contributed by atoms with Crippen LogP contribution >= 0.6 is 15.9 Å². The molecular weight excluding hydrogens is 216 g/mol. The SMILES string of the molecule is C#Cn1ccc2ncc(Br)cc21. The summed E-state index contributed by atoms with van der Waals surface area (Å²) < 4.78 is 2.64. The minimum Gasteiger partial charge on any atom is -0.275 e. The molecule has 2 nitrogen and oxygen atoms in total. The maximum absolute atomic E-state index is 5.28. The molecule has 0 atom stereocenters. The highest BCUT2D eigenvalue weighted by atomic mass is 79.9. The van der Waals surface area contributed by atoms with Gasteiger partial charge in [0, 0.05) is 22.9 Å². The first-order chi connectivity index (χ1) is 5.81. The monoisotopic (exact) mass is 220 g/mol. The van der Waals surface area contributed by atoms with Gasteiger partial charge < -0.3 is 0 Å². The summed E-state index contributed by atoms with van der Waals surface area (Å²) in [5, 5.41) is 0. The van der Waals surface area contributed by atoms with Crippen LogP contribution in [0.3, 0.4) is 0 Å². The molecule has 58 valence electrons. The van der Waals surface area contributed by atoms with Gasteiger partial charge in [0.25, 0.3) is 0 Å². The Morgan fingerprint density at radius 3 is 3.17 bits per heavy atom. The second kappa shape index (κ2) is 2.65. The average molecular weight is 221 g/mol. The van der Waals surface area contributed by atoms with Gasteiger partial charge in [-0.05, 0) is 28.1 Å². The highest BCUT2D eigenvalue weighted by molar-refractivity contribution is 9.10. The summed E-state index contributed by atoms with van der Waals surface area (Å²) >= 11 is 3.34. The van der Waals surface area contributed by atoms with Gasteiger partial charge >= 0.3 is 0 Å². The van der Waals surface area contributed by atoms with Crippen LogP contribution in [0.2, 0.25) is 0 Å². The lowest BCUT2D eigenvalue weighted by Gasteiger charge is -1.93. The second-order valence-corrected chi connectivity index (χ2v) is 3.29. The first-order valence-electron chi connectivity index (χ1n) is 3.40. The fraction of sp³-hybridized carbons (Fsp3) is 0. The number of nitrogens with zero attached hydrogens (tertiary/aromatic N) is 2. The van der Waals surface area contributed by atoms with Gasteiger partial charge in [-0.15, -0.1) is 0 Å². The van der Waals surface area contributed by atoms with Crippen molar-refractivity contribution in [3.8, 4) is 12.5 Å². The summed E-state index contributed by atoms with van der Waals surface area (Å²) in [7, 11) is 0. The van der Waals surface area contributed by atoms with Crippen molar-refractivity contribution in [2.75, 3.05) is 0 Å². The fourth-order valence-corrected chi connectivity index (χ4v) is 1.42. The van der Waals surface area contributed by atoms with E-state index in [1.165, 1.54) is 0 Å². The smallest absolute Gasteiger partial charge is 0.0892 e. The van der Waals surface area contributed by atoms with Crippen LogP contribution in [0.5, 0.6) is 0 Å². The Labute approximate surface area is 78.3 Å². The molecule has 0 unspecified atom stereocenters. The van der Waals surface area contributed by atoms with E-state index in [0.717, 1.165) is 15.5 Å². The topological polar surface area (TPSA) is 17.8 Å². The predicted molar refractivity (Wildman–Crippen MR) is 51.7 cm³/mol. The summed E-state index contributed by atoms with van der Waals surface area (Å²) in [5.41, 5.74) is 1.86. The van der Waals surface area contributed by atoms with E-state index in [2.05, 4.69) is 27.0 Å². The molecule has 0 amide bonds. The van der Waals surface area contributed by atoms with E-state index in [0.29, 0.717) is 0 Å². The maximum Gasteiger partial charge on any atom is 0.0892 e. The molecule has 2 aromatic rings. The molecule has 0 aliphatic heterocycles. The minimum absolute atomic E-state index is 0.913. The molecule has 0 saturated heterocycles. The van der Waals surface area contributed by atoms with Crippen molar-refractivity contribution < 1.29 is 0 Å². The lowest BCUT2D eigenvalue weighted by atomic mass is 10.4. The van der Waals surface area contributed by atoms with Gasteiger partial charge in [-0.25, -0.2) is 0 Å². The van der Waals surface area contributed by atoms with Gasteiger partial charge in [0.2, 0.25) is 0 Å². The average Bonchev–Trinajstić information content (AvgIpc) is 2.46. The summed E-state index contributed by atoms with van der Waals surface area (Å²) in [5.74, 6) is 0. The van der Waals surface area contributed by atoms with Gasteiger partial charge in [0.15, 0.2) is 0 Å². The number of pyridine rings is 1. The van der Waals surface area contributed by atoms with Crippen molar-refractivity contribution in [3.05, 3.63) is 29.0 Å². The third-order valence-electron chi connectivity index (χ3n) is 1.64. The molecular formula is C9H5BrN2. The molecule has 0 aliphatic carbocycles. The fourth-order valence-electron chi connectivity index (χ4n) is 1.10. The van der Waals surface area contributed by atoms with E-state index in [1.807, 2.05) is 18.3 Å². The Bertz CT molecular complexity index is 465. The lowest BCUT2D eigenvalue weighted by molar-refractivity contribution is 1.20. The zero-order valence-electron chi connectivity index (χ0n) is 6.16. The van der Waals surface area contributed by atoms with Crippen molar-refractivity contribution in [2.24, 2.45) is 0 Å². The summed E-state index contributed by atoms with van der Waals surface area (Å²) in [6, 6.07) is 6.37. The molecule has 0 fully saturated rings. The van der Waals surface area contributed by atoms with Crippen LogP contribution in [-0.4, -0.2) is 9.55 Å². The van der Waals surface area contributed by atoms with E-state index >= 15 is 0 Å². The zero-order valence-corrected chi connectivity index (χ0v) is 7.75. The molecule has 2 rings (SSSR count). The maximum atomic E-state index is 5.28. The molecule has 3 heteroatoms. The summed E-state index contributed by atoms with van der Waals surface area (Å²) in [6.07, 6.45) is 8.86. The van der Waals surface area contributed by atoms with Crippen LogP contribution in [0.4, 0.5) is 0 Å². The lowest BCUT2D eigenvalue weighted by Crippen LogP contribution is -1.84. The third kappa shape index (κ3) is 1.01. The Balaban J connectivity index is 2.86. The molecule has 0 radical (unpaired) electrons. The van der Waals surface area contributed by atoms with Gasteiger partial charge in [0.1, 0.15) is 0 Å². The van der Waals surface area contributed by atoms with Crippen molar-refractivity contribution in [2.45, 2.75) is 0 Å². The molecule has 2 heterocycles. The molecule has 0 saturated carbocycles. The van der Waals surface area contributed by atoms with Gasteiger partial charge in [-0.3, -0.25) is 9.55 Å². The predicted octanol–water partition coefficient (Wildman–Crippen LogP) is 2.24. The quantitative estimate of drug-likeness (QED) is 0.623. The van der Waals surface area contributed by atoms with E-state index in [4.69, 9.17) is 6.42 Å². The second-order valence-electron chi connectivity index (χ2n) is 2.37. The number of fused-ring (bicyclic) bond motifs is 1. The number of rotatable bonds is 0. The highest BCUT2D eigenvalue weighted by Gasteiger charge is 1.99. The summed E-state index contributed by atoms with van der Waals surface area (Å²) in [6.45, 7) is 0. The van der Waals surface area contributed by atoms with Crippen LogP contribution in [0.1, 0.15) is 0 Å². The first kappa shape index (κ1) is 7.38. The molecule has 2 aromatic heterocycles. The van der Waals surface area contributed by atoms with Crippen molar-refractivity contribution >= 4 is 27.0 Å². The van der Waals surface area contributed by atoms with E-state index in [1.54, 1.807) is 10.8 Å². The van der Waals surface area contributed by atoms with Gasteiger partial charge in [-0.2, -0.15) is 0 Å². The zero-order chi connectivity index (χ0) is 8.55. The molecule has 0 aromatic carbocycles. The van der Waals surface area contributed by atoms with Gasteiger partial charge in [-0.1, -0.05) is 6.42 Å². The Morgan fingerprint density at radius 1 is 1.58 bits per heavy atom. The standard InChI is InChI=1S/C9H5BrN2/c1-2-12-4-3-8-9(12)5-7(10)6-11-8/h1,3-6H. The van der Waals surface area contributed by atoms with Crippen molar-refractivity contribution in [1.82, 2.24) is 9.55 Å². The molecule has 0 N–H and O–H groups in total. The summed E-state index contributed by atoms with van der Waals surface area (Å²) in [4.78, 5) is 4.19. The third-order valence-corrected chi connectivity index (χ3v) is 2.08. The number of aromatic nitrogens is 2. The molecule has 0 spiro atoms. The number of hydrogen-bond acceptors (Lipinski definition) is 1. The molecule has 0 aliphatic rings. The van der Waals surface area contributed by atoms with Crippen LogP contribution in [0.15, 0.2) is 29.0 Å². The largest absolute Gasteiger partial charge is 0.275 e. The normalized spacial score (nSPS) is 10.0. The number of hydrogen-bond donors (Lipinski definition) is 0. The Morgan fingerprint density at radius 2 is 2.42 bits per heavy atom. The van der Waals surface area contributed by atoms with E-state index < -0.39 is 0 Å². The van der Waals surface area contributed by atoms with Crippen LogP contribution in [-0.2, 0) is 0 Å². The van der Waals surface area contributed by atoms with Gasteiger partial charge in [0.05, 0.1) is 11.0 Å². The molecule has 0 bridgehead atoms. The van der Waals surface area contributed by atoms with Crippen LogP contribution < -0.4 is 0 Å². The van der Waals surface area contributed by atoms with Crippen molar-refractivity contribution in [1.29, 1.82) is 0 Å². The Hall–Kier alpha value is -1.27. The molecule has 12 heavy (non-hydrogen) atoms. The highest BCUT2D eigenvalue weighted by Crippen LogP contribution is 2.17. The van der Waals surface area contributed by atoms with Crippen LogP contribution in [0, 0.1) is 12.5 Å². The van der Waals surface area contributed by atoms with E-state index in [-0.39, 0.29) is 0 Å². The van der Waals surface area contributed by atoms with E-state index in [9.17, 15) is 0 Å². The van der Waals surface area contributed by atoms with Crippen molar-refractivity contribution in [3.63, 3.8) is 0 Å².